The SMILES string of the molecule is NC(=O)CN1C(=O)COc2ccc([N+](=O)[O-])nc21. The number of carbonyl (C=O) groups excluding carboxylic acids is 2. The number of rotatable bonds is 3. The summed E-state index contributed by atoms with van der Waals surface area (Å²) in [7, 11) is 0. The van der Waals surface area contributed by atoms with Gasteiger partial charge in [0.25, 0.3) is 11.7 Å². The molecule has 1 aromatic rings. The van der Waals surface area contributed by atoms with Gasteiger partial charge in [0.2, 0.25) is 5.91 Å². The van der Waals surface area contributed by atoms with Crippen LogP contribution in [0.1, 0.15) is 0 Å². The fourth-order valence-electron chi connectivity index (χ4n) is 1.49. The molecule has 0 saturated heterocycles. The van der Waals surface area contributed by atoms with E-state index in [0.29, 0.717) is 0 Å². The van der Waals surface area contributed by atoms with Gasteiger partial charge in [-0.25, -0.2) is 0 Å². The largest absolute Gasteiger partial charge is 0.477 e. The Bertz CT molecular complexity index is 544. The number of anilines is 1. The zero-order chi connectivity index (χ0) is 13.3. The molecule has 0 saturated carbocycles. The number of nitro groups is 1. The molecule has 1 aliphatic rings. The molecular weight excluding hydrogens is 244 g/mol. The molecule has 2 N–H and O–H groups in total. The molecule has 2 rings (SSSR count). The van der Waals surface area contributed by atoms with Crippen molar-refractivity contribution < 1.29 is 19.2 Å². The maximum Gasteiger partial charge on any atom is 0.366 e. The molecule has 9 nitrogen and oxygen atoms in total. The van der Waals surface area contributed by atoms with Gasteiger partial charge >= 0.3 is 5.82 Å². The third-order valence-electron chi connectivity index (χ3n) is 2.23. The van der Waals surface area contributed by atoms with Crippen LogP contribution in [0.3, 0.4) is 0 Å². The van der Waals surface area contributed by atoms with E-state index in [1.807, 2.05) is 0 Å². The predicted octanol–water partition coefficient (Wildman–Crippen LogP) is -0.799. The van der Waals surface area contributed by atoms with Gasteiger partial charge in [-0.1, -0.05) is 0 Å². The van der Waals surface area contributed by atoms with E-state index < -0.39 is 29.1 Å². The summed E-state index contributed by atoms with van der Waals surface area (Å²) >= 11 is 0. The lowest BCUT2D eigenvalue weighted by atomic mass is 10.3. The average molecular weight is 252 g/mol. The summed E-state index contributed by atoms with van der Waals surface area (Å²) in [4.78, 5) is 37.0. The van der Waals surface area contributed by atoms with Crippen LogP contribution in [0, 0.1) is 10.1 Å². The molecule has 0 unspecified atom stereocenters. The van der Waals surface area contributed by atoms with Crippen molar-refractivity contribution in [3.63, 3.8) is 0 Å². The second-order valence-corrected chi connectivity index (χ2v) is 3.48. The van der Waals surface area contributed by atoms with Crippen LogP contribution in [-0.2, 0) is 9.59 Å². The monoisotopic (exact) mass is 252 g/mol. The van der Waals surface area contributed by atoms with Crippen molar-refractivity contribution in [2.45, 2.75) is 0 Å². The highest BCUT2D eigenvalue weighted by atomic mass is 16.6. The number of aromatic nitrogens is 1. The van der Waals surface area contributed by atoms with E-state index in [1.54, 1.807) is 0 Å². The fourth-order valence-corrected chi connectivity index (χ4v) is 1.49. The summed E-state index contributed by atoms with van der Waals surface area (Å²) in [6.45, 7) is -0.664. The van der Waals surface area contributed by atoms with Gasteiger partial charge in [-0.2, -0.15) is 0 Å². The Morgan fingerprint density at radius 2 is 2.33 bits per heavy atom. The Morgan fingerprint density at radius 1 is 1.61 bits per heavy atom. The summed E-state index contributed by atoms with van der Waals surface area (Å²) < 4.78 is 5.05. The second-order valence-electron chi connectivity index (χ2n) is 3.48. The summed E-state index contributed by atoms with van der Waals surface area (Å²) in [5.41, 5.74) is 5.01. The summed E-state index contributed by atoms with van der Waals surface area (Å²) in [5.74, 6) is -1.60. The van der Waals surface area contributed by atoms with Crippen molar-refractivity contribution >= 4 is 23.5 Å². The molecule has 0 radical (unpaired) electrons. The third kappa shape index (κ3) is 2.05. The lowest BCUT2D eigenvalue weighted by Gasteiger charge is -2.23. The Morgan fingerprint density at radius 3 is 2.94 bits per heavy atom. The third-order valence-corrected chi connectivity index (χ3v) is 2.23. The van der Waals surface area contributed by atoms with Crippen LogP contribution in [-0.4, -0.2) is 34.9 Å². The van der Waals surface area contributed by atoms with E-state index in [9.17, 15) is 19.7 Å². The van der Waals surface area contributed by atoms with Crippen LogP contribution in [0.5, 0.6) is 5.75 Å². The Balaban J connectivity index is 2.46. The molecule has 18 heavy (non-hydrogen) atoms. The van der Waals surface area contributed by atoms with Crippen molar-refractivity contribution in [2.75, 3.05) is 18.1 Å². The molecule has 9 heteroatoms. The number of amides is 2. The maximum atomic E-state index is 11.6. The van der Waals surface area contributed by atoms with Gasteiger partial charge in [-0.3, -0.25) is 14.5 Å². The minimum absolute atomic E-state index is 0.0701. The van der Waals surface area contributed by atoms with Crippen LogP contribution in [0.4, 0.5) is 11.6 Å². The molecule has 0 spiro atoms. The van der Waals surface area contributed by atoms with E-state index in [2.05, 4.69) is 4.98 Å². The molecule has 2 heterocycles. The lowest BCUT2D eigenvalue weighted by Crippen LogP contribution is -2.44. The number of ether oxygens (including phenoxy) is 1. The van der Waals surface area contributed by atoms with Crippen molar-refractivity contribution in [3.8, 4) is 5.75 Å². The first-order chi connectivity index (χ1) is 8.49. The zero-order valence-electron chi connectivity index (χ0n) is 9.03. The number of hydrogen-bond donors (Lipinski definition) is 1. The molecule has 1 aromatic heterocycles. The van der Waals surface area contributed by atoms with Gasteiger partial charge in [-0.05, 0) is 16.0 Å². The number of pyridine rings is 1. The highest BCUT2D eigenvalue weighted by molar-refractivity contribution is 6.01. The normalized spacial score (nSPS) is 13.8. The van der Waals surface area contributed by atoms with Crippen LogP contribution < -0.4 is 15.4 Å². The van der Waals surface area contributed by atoms with Crippen molar-refractivity contribution in [1.82, 2.24) is 4.98 Å². The minimum atomic E-state index is -0.746. The van der Waals surface area contributed by atoms with Gasteiger partial charge in [0.1, 0.15) is 6.54 Å². The number of nitrogens with two attached hydrogens (primary N) is 1. The fraction of sp³-hybridized carbons (Fsp3) is 0.222. The van der Waals surface area contributed by atoms with Crippen LogP contribution in [0.2, 0.25) is 0 Å². The highest BCUT2D eigenvalue weighted by Gasteiger charge is 2.32. The lowest BCUT2D eigenvalue weighted by molar-refractivity contribution is -0.389. The van der Waals surface area contributed by atoms with E-state index in [4.69, 9.17) is 10.5 Å². The molecule has 1 aliphatic heterocycles. The number of hydrogen-bond acceptors (Lipinski definition) is 6. The average Bonchev–Trinajstić information content (AvgIpc) is 2.31. The molecule has 0 atom stereocenters. The van der Waals surface area contributed by atoms with Crippen LogP contribution >= 0.6 is 0 Å². The summed E-state index contributed by atoms with van der Waals surface area (Å²) in [6, 6.07) is 2.47. The van der Waals surface area contributed by atoms with Gasteiger partial charge in [0.15, 0.2) is 12.4 Å². The first-order valence-corrected chi connectivity index (χ1v) is 4.86. The first kappa shape index (κ1) is 11.8. The highest BCUT2D eigenvalue weighted by Crippen LogP contribution is 2.31. The molecule has 94 valence electrons. The zero-order valence-corrected chi connectivity index (χ0v) is 9.03. The first-order valence-electron chi connectivity index (χ1n) is 4.86. The van der Waals surface area contributed by atoms with Gasteiger partial charge in [0.05, 0.1) is 0 Å². The smallest absolute Gasteiger partial charge is 0.366 e. The molecular formula is C9H8N4O5. The van der Waals surface area contributed by atoms with Gasteiger partial charge < -0.3 is 20.6 Å². The van der Waals surface area contributed by atoms with Crippen LogP contribution in [0.15, 0.2) is 12.1 Å². The Kier molecular flexibility index (Phi) is 2.80. The number of primary amides is 1. The maximum absolute atomic E-state index is 11.6. The van der Waals surface area contributed by atoms with Gasteiger partial charge in [-0.15, -0.1) is 0 Å². The van der Waals surface area contributed by atoms with E-state index in [0.717, 1.165) is 11.0 Å². The topological polar surface area (TPSA) is 129 Å². The van der Waals surface area contributed by atoms with Crippen LogP contribution in [0.25, 0.3) is 0 Å². The number of carbonyl (C=O) groups is 2. The summed E-state index contributed by atoms with van der Waals surface area (Å²) in [6.07, 6.45) is 0. The number of nitrogens with zero attached hydrogens (tertiary/aromatic N) is 3. The van der Waals surface area contributed by atoms with Crippen molar-refractivity contribution in [2.24, 2.45) is 5.73 Å². The van der Waals surface area contributed by atoms with Crippen molar-refractivity contribution in [1.29, 1.82) is 0 Å². The second kappa shape index (κ2) is 4.28. The predicted molar refractivity (Wildman–Crippen MR) is 57.9 cm³/mol. The Labute approximate surface area is 100 Å². The Hall–Kier alpha value is -2.71. The molecule has 2 amide bonds. The summed E-state index contributed by atoms with van der Waals surface area (Å²) in [5, 5.41) is 10.6. The quantitative estimate of drug-likeness (QED) is 0.553. The molecule has 0 bridgehead atoms. The molecule has 0 fully saturated rings. The standard InChI is InChI=1S/C9H8N4O5/c10-6(14)3-12-8(15)4-18-5-1-2-7(13(16)17)11-9(5)12/h1-2H,3-4H2,(H2,10,14). The molecule has 0 aliphatic carbocycles. The van der Waals surface area contributed by atoms with E-state index >= 15 is 0 Å². The van der Waals surface area contributed by atoms with Gasteiger partial charge in [0, 0.05) is 6.07 Å². The number of fused-ring (bicyclic) bond motifs is 1. The van der Waals surface area contributed by atoms with E-state index in [1.165, 1.54) is 6.07 Å². The van der Waals surface area contributed by atoms with E-state index in [-0.39, 0.29) is 18.2 Å². The minimum Gasteiger partial charge on any atom is -0.477 e. The van der Waals surface area contributed by atoms with Crippen molar-refractivity contribution in [3.05, 3.63) is 22.2 Å². The molecule has 0 aromatic carbocycles.